The molecule has 0 saturated carbocycles. The number of imide groups is 1. The van der Waals surface area contributed by atoms with Gasteiger partial charge in [0.25, 0.3) is 0 Å². The number of aromatic nitrogens is 2. The molecule has 1 aromatic heterocycles. The number of aryl methyl sites for hydroxylation is 2. The second kappa shape index (κ2) is 16.5. The highest BCUT2D eigenvalue weighted by Gasteiger charge is 2.44. The topological polar surface area (TPSA) is 223 Å². The lowest BCUT2D eigenvalue weighted by atomic mass is 10.0. The Morgan fingerprint density at radius 2 is 1.73 bits per heavy atom. The second-order valence-corrected chi connectivity index (χ2v) is 14.3. The molecule has 0 radical (unpaired) electrons. The van der Waals surface area contributed by atoms with Crippen molar-refractivity contribution in [2.24, 2.45) is 18.7 Å². The fourth-order valence-electron chi connectivity index (χ4n) is 7.77. The highest BCUT2D eigenvalue weighted by atomic mass is 16.4. The third kappa shape index (κ3) is 8.53. The van der Waals surface area contributed by atoms with Gasteiger partial charge in [0.1, 0.15) is 18.1 Å². The van der Waals surface area contributed by atoms with Crippen molar-refractivity contribution >= 4 is 52.4 Å². The van der Waals surface area contributed by atoms with E-state index >= 15 is 0 Å². The number of hydrogen-bond acceptors (Lipinski definition) is 8. The molecular formula is C36H49N7O9. The fraction of sp³-hybridized carbons (Fsp3) is 0.611. The Morgan fingerprint density at radius 1 is 0.981 bits per heavy atom. The number of aliphatic carboxylic acids is 1. The monoisotopic (exact) mass is 723 g/mol. The van der Waals surface area contributed by atoms with Crippen molar-refractivity contribution in [1.82, 2.24) is 29.6 Å². The lowest BCUT2D eigenvalue weighted by Crippen LogP contribution is -2.56. The van der Waals surface area contributed by atoms with Crippen molar-refractivity contribution in [2.75, 3.05) is 13.1 Å². The first-order chi connectivity index (χ1) is 24.8. The molecule has 5 atom stereocenters. The Balaban J connectivity index is 1.07. The summed E-state index contributed by atoms with van der Waals surface area (Å²) in [5.41, 5.74) is 7.27. The molecule has 1 aromatic carbocycles. The van der Waals surface area contributed by atoms with Crippen LogP contribution in [0.2, 0.25) is 0 Å². The van der Waals surface area contributed by atoms with Crippen molar-refractivity contribution in [1.29, 1.82) is 0 Å². The summed E-state index contributed by atoms with van der Waals surface area (Å²) in [6.07, 6.45) is 6.10. The number of nitrogens with two attached hydrogens (primary N) is 1. The number of hydrogen-bond donors (Lipinski definition) is 4. The number of nitrogens with one attached hydrogen (secondary N) is 2. The van der Waals surface area contributed by atoms with Gasteiger partial charge in [0.05, 0.1) is 17.0 Å². The molecule has 0 spiro atoms. The number of rotatable bonds is 14. The number of fused-ring (bicyclic) bond motifs is 2. The Labute approximate surface area is 301 Å². The van der Waals surface area contributed by atoms with Gasteiger partial charge in [-0.1, -0.05) is 25.8 Å². The number of nitrogens with zero attached hydrogens (tertiary/aromatic N) is 4. The van der Waals surface area contributed by atoms with Crippen LogP contribution in [0.5, 0.6) is 0 Å². The van der Waals surface area contributed by atoms with Crippen LogP contribution in [0.4, 0.5) is 0 Å². The van der Waals surface area contributed by atoms with E-state index in [1.165, 1.54) is 9.13 Å². The summed E-state index contributed by atoms with van der Waals surface area (Å²) in [5.74, 6) is -4.10. The predicted molar refractivity (Wildman–Crippen MR) is 187 cm³/mol. The maximum Gasteiger partial charge on any atom is 0.329 e. The molecular weight excluding hydrogens is 674 g/mol. The smallest absolute Gasteiger partial charge is 0.329 e. The van der Waals surface area contributed by atoms with Crippen molar-refractivity contribution in [2.45, 2.75) is 115 Å². The SMILES string of the molecule is C[C@H]1CN(C(=O)CCCCCCc2ccc3c(c2)n(C)c(=O)n3C2CCC(=O)NC2=O)CC[C@H]2CC[C@@H](C(=O)N[C@@H](CCC(N)=O)C(=O)O)N2C1=O. The predicted octanol–water partition coefficient (Wildman–Crippen LogP) is 0.874. The zero-order valence-electron chi connectivity index (χ0n) is 29.8. The Morgan fingerprint density at radius 3 is 2.44 bits per heavy atom. The molecule has 282 valence electrons. The zero-order chi connectivity index (χ0) is 37.7. The normalized spacial score (nSPS) is 22.8. The van der Waals surface area contributed by atoms with Crippen LogP contribution in [0.1, 0.15) is 95.6 Å². The lowest BCUT2D eigenvalue weighted by Gasteiger charge is -2.38. The molecule has 0 bridgehead atoms. The van der Waals surface area contributed by atoms with Gasteiger partial charge in [-0.15, -0.1) is 0 Å². The third-order valence-corrected chi connectivity index (χ3v) is 10.6. The Kier molecular flexibility index (Phi) is 12.2. The third-order valence-electron chi connectivity index (χ3n) is 10.6. The summed E-state index contributed by atoms with van der Waals surface area (Å²) in [4.78, 5) is 103. The molecule has 16 heteroatoms. The van der Waals surface area contributed by atoms with Crippen LogP contribution >= 0.6 is 0 Å². The van der Waals surface area contributed by atoms with E-state index in [2.05, 4.69) is 10.6 Å². The minimum absolute atomic E-state index is 0.00830. The Hall–Kier alpha value is -5.02. The minimum Gasteiger partial charge on any atom is -0.480 e. The van der Waals surface area contributed by atoms with Crippen molar-refractivity contribution in [3.05, 3.63) is 34.2 Å². The number of carboxylic acids is 1. The highest BCUT2D eigenvalue weighted by molar-refractivity contribution is 6.00. The largest absolute Gasteiger partial charge is 0.480 e. The number of primary amides is 1. The molecule has 6 amide bonds. The molecule has 1 unspecified atom stereocenters. The maximum absolute atomic E-state index is 13.5. The lowest BCUT2D eigenvalue weighted by molar-refractivity contribution is -0.148. The fourth-order valence-corrected chi connectivity index (χ4v) is 7.77. The van der Waals surface area contributed by atoms with E-state index in [0.717, 1.165) is 36.8 Å². The molecule has 3 aliphatic rings. The van der Waals surface area contributed by atoms with Gasteiger partial charge in [-0.2, -0.15) is 0 Å². The van der Waals surface area contributed by atoms with Gasteiger partial charge in [0, 0.05) is 45.4 Å². The van der Waals surface area contributed by atoms with Gasteiger partial charge in [-0.05, 0) is 69.1 Å². The molecule has 5 N–H and O–H groups in total. The van der Waals surface area contributed by atoms with Crippen LogP contribution in [0, 0.1) is 5.92 Å². The minimum atomic E-state index is -1.29. The second-order valence-electron chi connectivity index (χ2n) is 14.3. The molecule has 52 heavy (non-hydrogen) atoms. The van der Waals surface area contributed by atoms with E-state index in [9.17, 15) is 43.5 Å². The van der Waals surface area contributed by atoms with Crippen LogP contribution in [-0.2, 0) is 47.0 Å². The average Bonchev–Trinajstić information content (AvgIpc) is 3.62. The number of piperidine rings is 1. The number of benzene rings is 1. The van der Waals surface area contributed by atoms with Crippen molar-refractivity contribution in [3.63, 3.8) is 0 Å². The first-order valence-electron chi connectivity index (χ1n) is 18.2. The number of imidazole rings is 1. The number of carboxylic acid groups (broad SMARTS) is 1. The quantitative estimate of drug-likeness (QED) is 0.160. The van der Waals surface area contributed by atoms with Gasteiger partial charge in [0.15, 0.2) is 0 Å². The van der Waals surface area contributed by atoms with Gasteiger partial charge < -0.3 is 26.0 Å². The van der Waals surface area contributed by atoms with Crippen LogP contribution in [-0.4, -0.2) is 96.7 Å². The van der Waals surface area contributed by atoms with Gasteiger partial charge in [-0.3, -0.25) is 43.2 Å². The van der Waals surface area contributed by atoms with Crippen LogP contribution in [0.25, 0.3) is 11.0 Å². The standard InChI is InChI=1S/C36H49N7O9/c1-21-20-41(18-17-23-10-13-26(42(23)34(21)49)32(47)38-24(35(50)51)11-15-29(37)44)31(46)8-6-4-3-5-7-22-9-12-25-28(19-22)40(2)36(52)43(25)27-14-16-30(45)39-33(27)48/h9,12,19,21,23-24,26-27H,3-8,10-11,13-18,20H2,1-2H3,(H2,37,44)(H,38,47)(H,50,51)(H,39,45,48)/t21-,23+,24-,26-,27?/m0/s1. The molecule has 5 rings (SSSR count). The number of amides is 6. The van der Waals surface area contributed by atoms with Gasteiger partial charge in [0.2, 0.25) is 35.4 Å². The summed E-state index contributed by atoms with van der Waals surface area (Å²) in [7, 11) is 1.67. The molecule has 2 aromatic rings. The highest BCUT2D eigenvalue weighted by Crippen LogP contribution is 2.31. The number of unbranched alkanes of at least 4 members (excludes halogenated alkanes) is 3. The summed E-state index contributed by atoms with van der Waals surface area (Å²) >= 11 is 0. The maximum atomic E-state index is 13.5. The van der Waals surface area contributed by atoms with Crippen LogP contribution in [0.15, 0.2) is 23.0 Å². The number of carbonyl (C=O) groups is 7. The van der Waals surface area contributed by atoms with E-state index in [-0.39, 0.29) is 61.7 Å². The summed E-state index contributed by atoms with van der Waals surface area (Å²) in [6, 6.07) is 2.70. The molecule has 3 aliphatic heterocycles. The zero-order valence-corrected chi connectivity index (χ0v) is 29.8. The first kappa shape index (κ1) is 38.2. The van der Waals surface area contributed by atoms with Crippen LogP contribution < -0.4 is 22.1 Å². The summed E-state index contributed by atoms with van der Waals surface area (Å²) < 4.78 is 3.00. The van der Waals surface area contributed by atoms with E-state index in [4.69, 9.17) is 5.73 Å². The van der Waals surface area contributed by atoms with E-state index < -0.39 is 47.7 Å². The van der Waals surface area contributed by atoms with Gasteiger partial charge in [-0.25, -0.2) is 9.59 Å². The molecule has 3 saturated heterocycles. The average molecular weight is 724 g/mol. The van der Waals surface area contributed by atoms with Crippen molar-refractivity contribution < 1.29 is 38.7 Å². The molecule has 16 nitrogen and oxygen atoms in total. The summed E-state index contributed by atoms with van der Waals surface area (Å²) in [5, 5.41) is 14.3. The Bertz CT molecular complexity index is 1800. The van der Waals surface area contributed by atoms with Gasteiger partial charge >= 0.3 is 11.7 Å². The molecule has 4 heterocycles. The number of carbonyl (C=O) groups excluding carboxylic acids is 6. The first-order valence-corrected chi connectivity index (χ1v) is 18.2. The van der Waals surface area contributed by atoms with E-state index in [1.54, 1.807) is 23.8 Å². The van der Waals surface area contributed by atoms with Crippen LogP contribution in [0.3, 0.4) is 0 Å². The summed E-state index contributed by atoms with van der Waals surface area (Å²) in [6.45, 7) is 2.44. The molecule has 3 fully saturated rings. The van der Waals surface area contributed by atoms with Crippen molar-refractivity contribution in [3.8, 4) is 0 Å². The molecule has 0 aliphatic carbocycles. The van der Waals surface area contributed by atoms with E-state index in [1.807, 2.05) is 18.2 Å². The van der Waals surface area contributed by atoms with E-state index in [0.29, 0.717) is 44.2 Å².